The second-order valence-corrected chi connectivity index (χ2v) is 9.53. The molecule has 192 valence electrons. The minimum Gasteiger partial charge on any atom is -0.493 e. The van der Waals surface area contributed by atoms with Crippen molar-refractivity contribution >= 4 is 22.0 Å². The Morgan fingerprint density at radius 3 is 1.83 bits per heavy atom. The molecule has 1 saturated heterocycles. The maximum Gasteiger partial charge on any atom is 0.414 e. The molecule has 2 aromatic rings. The van der Waals surface area contributed by atoms with Crippen molar-refractivity contribution < 1.29 is 42.4 Å². The van der Waals surface area contributed by atoms with Gasteiger partial charge in [-0.05, 0) is 25.1 Å². The number of rotatable bonds is 7. The van der Waals surface area contributed by atoms with Crippen molar-refractivity contribution in [3.8, 4) is 17.2 Å². The highest BCUT2D eigenvalue weighted by molar-refractivity contribution is 7.89. The summed E-state index contributed by atoms with van der Waals surface area (Å²) < 4.78 is 43.6. The molecule has 0 atom stereocenters. The van der Waals surface area contributed by atoms with Crippen LogP contribution in [0.5, 0.6) is 17.2 Å². The Kier molecular flexibility index (Phi) is 9.87. The van der Waals surface area contributed by atoms with Crippen molar-refractivity contribution in [2.45, 2.75) is 18.4 Å². The lowest BCUT2D eigenvalue weighted by Crippen LogP contribution is -2.48. The second kappa shape index (κ2) is 12.4. The molecular formula is C23H30N2O9S. The van der Waals surface area contributed by atoms with Gasteiger partial charge in [-0.1, -0.05) is 23.8 Å². The summed E-state index contributed by atoms with van der Waals surface area (Å²) in [5, 5.41) is 14.8. The molecule has 2 aromatic carbocycles. The van der Waals surface area contributed by atoms with Gasteiger partial charge in [0.25, 0.3) is 0 Å². The summed E-state index contributed by atoms with van der Waals surface area (Å²) in [5.41, 5.74) is 2.01. The largest absolute Gasteiger partial charge is 0.493 e. The SMILES string of the molecule is COc1ccc(CN2CCN(S(=O)(=O)c3ccc(C)cc3)CC2)c(OC)c1OC.O=C(O)C(=O)O. The van der Waals surface area contributed by atoms with Gasteiger partial charge in [-0.15, -0.1) is 0 Å². The molecule has 0 amide bonds. The molecule has 0 aliphatic carbocycles. The van der Waals surface area contributed by atoms with Gasteiger partial charge in [0.1, 0.15) is 0 Å². The molecule has 0 aromatic heterocycles. The fourth-order valence-corrected chi connectivity index (χ4v) is 4.94. The van der Waals surface area contributed by atoms with Crippen LogP contribution in [-0.4, -0.2) is 87.3 Å². The lowest BCUT2D eigenvalue weighted by atomic mass is 10.1. The number of methoxy groups -OCH3 is 3. The third-order valence-corrected chi connectivity index (χ3v) is 7.27. The third kappa shape index (κ3) is 7.07. The zero-order valence-electron chi connectivity index (χ0n) is 20.1. The van der Waals surface area contributed by atoms with Gasteiger partial charge in [0, 0.05) is 38.3 Å². The van der Waals surface area contributed by atoms with Gasteiger partial charge in [-0.3, -0.25) is 4.90 Å². The number of nitrogens with zero attached hydrogens (tertiary/aromatic N) is 2. The van der Waals surface area contributed by atoms with E-state index in [1.54, 1.807) is 37.8 Å². The number of sulfonamides is 1. The van der Waals surface area contributed by atoms with Crippen LogP contribution >= 0.6 is 0 Å². The van der Waals surface area contributed by atoms with Gasteiger partial charge in [-0.25, -0.2) is 18.0 Å². The van der Waals surface area contributed by atoms with Gasteiger partial charge in [0.15, 0.2) is 11.5 Å². The summed E-state index contributed by atoms with van der Waals surface area (Å²) in [6.45, 7) is 4.77. The Morgan fingerprint density at radius 2 is 1.37 bits per heavy atom. The Bertz CT molecular complexity index is 1110. The number of carboxylic acids is 2. The van der Waals surface area contributed by atoms with E-state index < -0.39 is 22.0 Å². The van der Waals surface area contributed by atoms with E-state index in [9.17, 15) is 8.42 Å². The van der Waals surface area contributed by atoms with Crippen LogP contribution in [-0.2, 0) is 26.2 Å². The molecule has 3 rings (SSSR count). The van der Waals surface area contributed by atoms with Crippen LogP contribution in [0.1, 0.15) is 11.1 Å². The fraction of sp³-hybridized carbons (Fsp3) is 0.391. The molecule has 0 unspecified atom stereocenters. The number of aryl methyl sites for hydroxylation is 1. The van der Waals surface area contributed by atoms with Crippen molar-refractivity contribution in [3.63, 3.8) is 0 Å². The molecule has 1 heterocycles. The van der Waals surface area contributed by atoms with E-state index >= 15 is 0 Å². The number of piperazine rings is 1. The van der Waals surface area contributed by atoms with Gasteiger partial charge in [0.05, 0.1) is 26.2 Å². The number of carbonyl (C=O) groups is 2. The summed E-state index contributed by atoms with van der Waals surface area (Å²) in [7, 11) is 1.31. The van der Waals surface area contributed by atoms with Gasteiger partial charge >= 0.3 is 11.9 Å². The van der Waals surface area contributed by atoms with E-state index in [2.05, 4.69) is 4.90 Å². The average molecular weight is 511 g/mol. The highest BCUT2D eigenvalue weighted by Gasteiger charge is 2.29. The molecule has 0 radical (unpaired) electrons. The maximum absolute atomic E-state index is 12.9. The lowest BCUT2D eigenvalue weighted by molar-refractivity contribution is -0.159. The number of aliphatic carboxylic acids is 2. The summed E-state index contributed by atoms with van der Waals surface area (Å²) in [6.07, 6.45) is 0. The van der Waals surface area contributed by atoms with Gasteiger partial charge in [-0.2, -0.15) is 4.31 Å². The number of ether oxygens (including phenoxy) is 3. The first kappa shape index (κ1) is 27.9. The molecule has 0 bridgehead atoms. The molecule has 11 nitrogen and oxygen atoms in total. The van der Waals surface area contributed by atoms with Crippen LogP contribution in [0.25, 0.3) is 0 Å². The fourth-order valence-electron chi connectivity index (χ4n) is 3.52. The normalized spacial score (nSPS) is 14.4. The van der Waals surface area contributed by atoms with Crippen LogP contribution in [0.15, 0.2) is 41.3 Å². The summed E-state index contributed by atoms with van der Waals surface area (Å²) >= 11 is 0. The van der Waals surface area contributed by atoms with Crippen molar-refractivity contribution in [1.29, 1.82) is 0 Å². The van der Waals surface area contributed by atoms with Gasteiger partial charge in [0.2, 0.25) is 15.8 Å². The molecule has 0 saturated carbocycles. The predicted octanol–water partition coefficient (Wildman–Crippen LogP) is 1.68. The monoisotopic (exact) mass is 510 g/mol. The molecule has 1 aliphatic heterocycles. The van der Waals surface area contributed by atoms with Gasteiger partial charge < -0.3 is 24.4 Å². The molecular weight excluding hydrogens is 480 g/mol. The standard InChI is InChI=1S/C21H28N2O5S.C2H2O4/c1-16-5-8-18(9-6-16)29(24,25)23-13-11-22(12-14-23)15-17-7-10-19(26-2)21(28-4)20(17)27-3;3-1(4)2(5)6/h5-10H,11-15H2,1-4H3;(H,3,4)(H,5,6). The third-order valence-electron chi connectivity index (χ3n) is 5.35. The highest BCUT2D eigenvalue weighted by Crippen LogP contribution is 2.40. The Hall–Kier alpha value is -3.35. The Balaban J connectivity index is 0.000000641. The number of benzene rings is 2. The Morgan fingerprint density at radius 1 is 0.829 bits per heavy atom. The highest BCUT2D eigenvalue weighted by atomic mass is 32.2. The van der Waals surface area contributed by atoms with E-state index in [0.717, 1.165) is 11.1 Å². The first-order valence-electron chi connectivity index (χ1n) is 10.6. The van der Waals surface area contributed by atoms with Crippen molar-refractivity contribution in [3.05, 3.63) is 47.5 Å². The van der Waals surface area contributed by atoms with E-state index in [-0.39, 0.29) is 0 Å². The summed E-state index contributed by atoms with van der Waals surface area (Å²) in [4.78, 5) is 20.8. The lowest BCUT2D eigenvalue weighted by Gasteiger charge is -2.34. The molecule has 12 heteroatoms. The predicted molar refractivity (Wildman–Crippen MR) is 127 cm³/mol. The molecule has 0 spiro atoms. The van der Waals surface area contributed by atoms with E-state index in [0.29, 0.717) is 54.9 Å². The molecule has 35 heavy (non-hydrogen) atoms. The van der Waals surface area contributed by atoms with Crippen molar-refractivity contribution in [2.24, 2.45) is 0 Å². The van der Waals surface area contributed by atoms with E-state index in [4.69, 9.17) is 34.0 Å². The van der Waals surface area contributed by atoms with E-state index in [1.807, 2.05) is 31.2 Å². The minimum absolute atomic E-state index is 0.345. The second-order valence-electron chi connectivity index (χ2n) is 7.60. The van der Waals surface area contributed by atoms with Crippen LogP contribution in [0.2, 0.25) is 0 Å². The topological polar surface area (TPSA) is 143 Å². The first-order chi connectivity index (χ1) is 16.5. The number of carboxylic acid groups (broad SMARTS) is 2. The molecule has 1 aliphatic rings. The van der Waals surface area contributed by atoms with Crippen LogP contribution < -0.4 is 14.2 Å². The smallest absolute Gasteiger partial charge is 0.414 e. The first-order valence-corrected chi connectivity index (χ1v) is 12.0. The minimum atomic E-state index is -3.46. The maximum atomic E-state index is 12.9. The molecule has 1 fully saturated rings. The van der Waals surface area contributed by atoms with Crippen LogP contribution in [0, 0.1) is 6.92 Å². The van der Waals surface area contributed by atoms with E-state index in [1.165, 1.54) is 0 Å². The summed E-state index contributed by atoms with van der Waals surface area (Å²) in [6, 6.07) is 10.8. The average Bonchev–Trinajstić information content (AvgIpc) is 2.84. The van der Waals surface area contributed by atoms with Crippen LogP contribution in [0.4, 0.5) is 0 Å². The Labute approximate surface area is 204 Å². The number of hydrogen-bond acceptors (Lipinski definition) is 8. The quantitative estimate of drug-likeness (QED) is 0.528. The van der Waals surface area contributed by atoms with Crippen LogP contribution in [0.3, 0.4) is 0 Å². The zero-order chi connectivity index (χ0) is 26.2. The van der Waals surface area contributed by atoms with Crippen molar-refractivity contribution in [1.82, 2.24) is 9.21 Å². The van der Waals surface area contributed by atoms with Crippen molar-refractivity contribution in [2.75, 3.05) is 47.5 Å². The summed E-state index contributed by atoms with van der Waals surface area (Å²) in [5.74, 6) is -1.83. The zero-order valence-corrected chi connectivity index (χ0v) is 20.9. The number of hydrogen-bond donors (Lipinski definition) is 2. The molecule has 2 N–H and O–H groups in total.